The van der Waals surface area contributed by atoms with Crippen molar-refractivity contribution < 1.29 is 14.6 Å². The summed E-state index contributed by atoms with van der Waals surface area (Å²) in [7, 11) is 1.35. The minimum Gasteiger partial charge on any atom is -0.465 e. The van der Waals surface area contributed by atoms with E-state index in [2.05, 4.69) is 4.74 Å². The van der Waals surface area contributed by atoms with Crippen LogP contribution in [0.25, 0.3) is 0 Å². The Labute approximate surface area is 96.1 Å². The lowest BCUT2D eigenvalue weighted by Gasteiger charge is -2.26. The van der Waals surface area contributed by atoms with E-state index in [4.69, 9.17) is 0 Å². The molecular weight excluding hydrogens is 204 g/mol. The molecule has 1 rings (SSSR count). The van der Waals surface area contributed by atoms with Gasteiger partial charge in [0, 0.05) is 0 Å². The Hall–Kier alpha value is -1.35. The van der Waals surface area contributed by atoms with Gasteiger partial charge in [0.1, 0.15) is 0 Å². The smallest absolute Gasteiger partial charge is 0.337 e. The second-order valence-electron chi connectivity index (χ2n) is 4.88. The van der Waals surface area contributed by atoms with Crippen molar-refractivity contribution in [2.75, 3.05) is 7.11 Å². The Bertz CT molecular complexity index is 360. The van der Waals surface area contributed by atoms with Crippen LogP contribution in [-0.2, 0) is 4.74 Å². The van der Waals surface area contributed by atoms with Crippen LogP contribution in [0.5, 0.6) is 0 Å². The average Bonchev–Trinajstić information content (AvgIpc) is 2.26. The number of rotatable bonds is 2. The molecule has 0 aliphatic heterocycles. The highest BCUT2D eigenvalue weighted by Gasteiger charge is 2.23. The molecule has 0 radical (unpaired) electrons. The van der Waals surface area contributed by atoms with Crippen LogP contribution in [0.1, 0.15) is 42.8 Å². The van der Waals surface area contributed by atoms with Crippen molar-refractivity contribution in [3.63, 3.8) is 0 Å². The molecule has 0 spiro atoms. The highest BCUT2D eigenvalue weighted by atomic mass is 16.5. The molecule has 3 nitrogen and oxygen atoms in total. The van der Waals surface area contributed by atoms with Crippen LogP contribution in [0, 0.1) is 5.41 Å². The summed E-state index contributed by atoms with van der Waals surface area (Å²) >= 11 is 0. The first-order chi connectivity index (χ1) is 7.36. The summed E-state index contributed by atoms with van der Waals surface area (Å²) in [6.45, 7) is 5.89. The molecule has 0 bridgehead atoms. The van der Waals surface area contributed by atoms with Gasteiger partial charge < -0.3 is 9.84 Å². The fourth-order valence-electron chi connectivity index (χ4n) is 1.42. The van der Waals surface area contributed by atoms with Crippen molar-refractivity contribution in [3.8, 4) is 0 Å². The SMILES string of the molecule is COC(=O)c1ccc(C(O)C(C)(C)C)cc1. The number of carbonyl (C=O) groups excluding carboxylic acids is 1. The van der Waals surface area contributed by atoms with E-state index < -0.39 is 6.10 Å². The predicted octanol–water partition coefficient (Wildman–Crippen LogP) is 2.55. The van der Waals surface area contributed by atoms with Gasteiger partial charge >= 0.3 is 5.97 Å². The monoisotopic (exact) mass is 222 g/mol. The highest BCUT2D eigenvalue weighted by molar-refractivity contribution is 5.89. The van der Waals surface area contributed by atoms with Crippen molar-refractivity contribution in [1.82, 2.24) is 0 Å². The third kappa shape index (κ3) is 2.83. The van der Waals surface area contributed by atoms with E-state index in [1.807, 2.05) is 20.8 Å². The zero-order valence-electron chi connectivity index (χ0n) is 10.2. The molecule has 0 aliphatic carbocycles. The number of ether oxygens (including phenoxy) is 1. The van der Waals surface area contributed by atoms with E-state index >= 15 is 0 Å². The predicted molar refractivity (Wildman–Crippen MR) is 62.2 cm³/mol. The van der Waals surface area contributed by atoms with E-state index in [0.29, 0.717) is 5.56 Å². The molecule has 0 saturated heterocycles. The zero-order chi connectivity index (χ0) is 12.3. The molecule has 1 N–H and O–H groups in total. The maximum absolute atomic E-state index is 11.2. The Balaban J connectivity index is 2.91. The van der Waals surface area contributed by atoms with E-state index in [-0.39, 0.29) is 11.4 Å². The molecule has 1 unspecified atom stereocenters. The second kappa shape index (κ2) is 4.66. The lowest BCUT2D eigenvalue weighted by molar-refractivity contribution is 0.0595. The minimum absolute atomic E-state index is 0.215. The number of hydrogen-bond acceptors (Lipinski definition) is 3. The third-order valence-corrected chi connectivity index (χ3v) is 2.47. The molecule has 0 fully saturated rings. The highest BCUT2D eigenvalue weighted by Crippen LogP contribution is 2.32. The topological polar surface area (TPSA) is 46.5 Å². The first kappa shape index (κ1) is 12.7. The van der Waals surface area contributed by atoms with Crippen molar-refractivity contribution in [2.24, 2.45) is 5.41 Å². The van der Waals surface area contributed by atoms with Gasteiger partial charge in [-0.15, -0.1) is 0 Å². The number of carbonyl (C=O) groups is 1. The number of methoxy groups -OCH3 is 1. The normalized spacial score (nSPS) is 13.3. The van der Waals surface area contributed by atoms with Gasteiger partial charge in [0.15, 0.2) is 0 Å². The summed E-state index contributed by atoms with van der Waals surface area (Å²) in [5.74, 6) is -0.364. The fourth-order valence-corrected chi connectivity index (χ4v) is 1.42. The van der Waals surface area contributed by atoms with Crippen LogP contribution in [0.2, 0.25) is 0 Å². The summed E-state index contributed by atoms with van der Waals surface area (Å²) in [5.41, 5.74) is 1.08. The Morgan fingerprint density at radius 1 is 1.25 bits per heavy atom. The summed E-state index contributed by atoms with van der Waals surface area (Å²) in [6, 6.07) is 6.83. The Morgan fingerprint density at radius 2 is 1.75 bits per heavy atom. The molecule has 1 aromatic carbocycles. The largest absolute Gasteiger partial charge is 0.465 e. The lowest BCUT2D eigenvalue weighted by Crippen LogP contribution is -2.17. The first-order valence-electron chi connectivity index (χ1n) is 5.22. The molecule has 0 heterocycles. The summed E-state index contributed by atoms with van der Waals surface area (Å²) in [5, 5.41) is 10.0. The second-order valence-corrected chi connectivity index (χ2v) is 4.88. The Kier molecular flexibility index (Phi) is 3.70. The van der Waals surface area contributed by atoms with Crippen LogP contribution >= 0.6 is 0 Å². The third-order valence-electron chi connectivity index (χ3n) is 2.47. The van der Waals surface area contributed by atoms with Gasteiger partial charge in [-0.2, -0.15) is 0 Å². The molecule has 0 aromatic heterocycles. The standard InChI is InChI=1S/C13H18O3/c1-13(2,3)11(14)9-5-7-10(8-6-9)12(15)16-4/h5-8,11,14H,1-4H3. The molecule has 1 atom stereocenters. The summed E-state index contributed by atoms with van der Waals surface area (Å²) in [4.78, 5) is 11.2. The van der Waals surface area contributed by atoms with Crippen molar-refractivity contribution >= 4 is 5.97 Å². The fraction of sp³-hybridized carbons (Fsp3) is 0.462. The van der Waals surface area contributed by atoms with Gasteiger partial charge in [0.25, 0.3) is 0 Å². The maximum Gasteiger partial charge on any atom is 0.337 e. The van der Waals surface area contributed by atoms with E-state index in [0.717, 1.165) is 5.56 Å². The molecule has 0 aliphatic rings. The van der Waals surface area contributed by atoms with Gasteiger partial charge in [-0.05, 0) is 23.1 Å². The van der Waals surface area contributed by atoms with Crippen LogP contribution in [-0.4, -0.2) is 18.2 Å². The van der Waals surface area contributed by atoms with E-state index in [1.165, 1.54) is 7.11 Å². The van der Waals surface area contributed by atoms with Gasteiger partial charge in [-0.3, -0.25) is 0 Å². The van der Waals surface area contributed by atoms with Crippen molar-refractivity contribution in [2.45, 2.75) is 26.9 Å². The van der Waals surface area contributed by atoms with Crippen LogP contribution in [0.4, 0.5) is 0 Å². The van der Waals surface area contributed by atoms with Gasteiger partial charge in [0.05, 0.1) is 18.8 Å². The molecule has 88 valence electrons. The average molecular weight is 222 g/mol. The van der Waals surface area contributed by atoms with Crippen LogP contribution in [0.15, 0.2) is 24.3 Å². The molecule has 0 amide bonds. The number of aliphatic hydroxyl groups is 1. The molecule has 3 heteroatoms. The molecule has 0 saturated carbocycles. The number of benzene rings is 1. The number of hydrogen-bond donors (Lipinski definition) is 1. The van der Waals surface area contributed by atoms with Gasteiger partial charge in [0.2, 0.25) is 0 Å². The quantitative estimate of drug-likeness (QED) is 0.782. The van der Waals surface area contributed by atoms with Crippen LogP contribution < -0.4 is 0 Å². The van der Waals surface area contributed by atoms with Crippen molar-refractivity contribution in [3.05, 3.63) is 35.4 Å². The number of esters is 1. The van der Waals surface area contributed by atoms with E-state index in [9.17, 15) is 9.90 Å². The van der Waals surface area contributed by atoms with Gasteiger partial charge in [-0.1, -0.05) is 32.9 Å². The molecular formula is C13H18O3. The van der Waals surface area contributed by atoms with E-state index in [1.54, 1.807) is 24.3 Å². The van der Waals surface area contributed by atoms with Gasteiger partial charge in [-0.25, -0.2) is 4.79 Å². The Morgan fingerprint density at radius 3 is 2.12 bits per heavy atom. The number of aliphatic hydroxyl groups excluding tert-OH is 1. The first-order valence-corrected chi connectivity index (χ1v) is 5.22. The zero-order valence-corrected chi connectivity index (χ0v) is 10.2. The summed E-state index contributed by atoms with van der Waals surface area (Å²) < 4.78 is 4.60. The van der Waals surface area contributed by atoms with Crippen molar-refractivity contribution in [1.29, 1.82) is 0 Å². The lowest BCUT2D eigenvalue weighted by atomic mass is 9.84. The maximum atomic E-state index is 11.2. The van der Waals surface area contributed by atoms with Crippen LogP contribution in [0.3, 0.4) is 0 Å². The molecule has 16 heavy (non-hydrogen) atoms. The molecule has 1 aromatic rings. The summed E-state index contributed by atoms with van der Waals surface area (Å²) in [6.07, 6.45) is -0.542. The minimum atomic E-state index is -0.542.